The standard InChI is InChI=1S/C13H8Br2ClNO/c14-8-4-5-12(15)11(6-8)13(18)17-10-3-1-2-9(16)7-10/h1-7H,(H,17,18). The molecule has 0 unspecified atom stereocenters. The highest BCUT2D eigenvalue weighted by molar-refractivity contribution is 9.11. The molecule has 0 aliphatic rings. The molecule has 0 bridgehead atoms. The molecule has 2 aromatic rings. The molecule has 18 heavy (non-hydrogen) atoms. The first-order valence-corrected chi connectivity index (χ1v) is 7.04. The fourth-order valence-corrected chi connectivity index (χ4v) is 2.41. The van der Waals surface area contributed by atoms with Crippen molar-refractivity contribution in [3.63, 3.8) is 0 Å². The van der Waals surface area contributed by atoms with Crippen LogP contribution in [0.2, 0.25) is 5.02 Å². The van der Waals surface area contributed by atoms with Crippen molar-refractivity contribution in [1.82, 2.24) is 0 Å². The molecule has 0 fully saturated rings. The normalized spacial score (nSPS) is 10.2. The molecule has 0 aromatic heterocycles. The quantitative estimate of drug-likeness (QED) is 0.759. The van der Waals surface area contributed by atoms with E-state index in [4.69, 9.17) is 11.6 Å². The SMILES string of the molecule is O=C(Nc1cccc(Cl)c1)c1cc(Br)ccc1Br. The van der Waals surface area contributed by atoms with Crippen LogP contribution in [-0.2, 0) is 0 Å². The Hall–Kier alpha value is -0.840. The second-order valence-electron chi connectivity index (χ2n) is 3.59. The van der Waals surface area contributed by atoms with Gasteiger partial charge in [-0.3, -0.25) is 4.79 Å². The summed E-state index contributed by atoms with van der Waals surface area (Å²) in [6.45, 7) is 0. The van der Waals surface area contributed by atoms with Crippen LogP contribution in [0.1, 0.15) is 10.4 Å². The molecule has 2 aromatic carbocycles. The van der Waals surface area contributed by atoms with E-state index in [9.17, 15) is 4.79 Å². The second-order valence-corrected chi connectivity index (χ2v) is 5.80. The molecule has 0 spiro atoms. The van der Waals surface area contributed by atoms with Gasteiger partial charge in [-0.05, 0) is 52.3 Å². The van der Waals surface area contributed by atoms with E-state index < -0.39 is 0 Å². The molecule has 0 heterocycles. The number of halogens is 3. The van der Waals surface area contributed by atoms with Crippen LogP contribution in [-0.4, -0.2) is 5.91 Å². The molecule has 0 atom stereocenters. The van der Waals surface area contributed by atoms with E-state index in [0.29, 0.717) is 16.3 Å². The van der Waals surface area contributed by atoms with Crippen LogP contribution in [0.5, 0.6) is 0 Å². The molecule has 2 nitrogen and oxygen atoms in total. The van der Waals surface area contributed by atoms with E-state index in [1.807, 2.05) is 12.1 Å². The average molecular weight is 389 g/mol. The van der Waals surface area contributed by atoms with Crippen molar-refractivity contribution < 1.29 is 4.79 Å². The van der Waals surface area contributed by atoms with Crippen molar-refractivity contribution in [2.75, 3.05) is 5.32 Å². The Labute approximate surface area is 127 Å². The Kier molecular flexibility index (Phi) is 4.43. The minimum Gasteiger partial charge on any atom is -0.322 e. The highest BCUT2D eigenvalue weighted by atomic mass is 79.9. The lowest BCUT2D eigenvalue weighted by Gasteiger charge is -2.07. The van der Waals surface area contributed by atoms with Gasteiger partial charge in [0.05, 0.1) is 5.56 Å². The number of carbonyl (C=O) groups excluding carboxylic acids is 1. The maximum Gasteiger partial charge on any atom is 0.256 e. The van der Waals surface area contributed by atoms with Crippen LogP contribution in [0, 0.1) is 0 Å². The topological polar surface area (TPSA) is 29.1 Å². The summed E-state index contributed by atoms with van der Waals surface area (Å²) in [5, 5.41) is 3.38. The highest BCUT2D eigenvalue weighted by Crippen LogP contribution is 2.23. The van der Waals surface area contributed by atoms with Gasteiger partial charge in [0.15, 0.2) is 0 Å². The number of benzene rings is 2. The van der Waals surface area contributed by atoms with Gasteiger partial charge in [-0.2, -0.15) is 0 Å². The fraction of sp³-hybridized carbons (Fsp3) is 0. The van der Waals surface area contributed by atoms with Crippen molar-refractivity contribution >= 4 is 55.1 Å². The zero-order chi connectivity index (χ0) is 13.1. The number of anilines is 1. The summed E-state index contributed by atoms with van der Waals surface area (Å²) in [6, 6.07) is 12.5. The van der Waals surface area contributed by atoms with Gasteiger partial charge in [0.1, 0.15) is 0 Å². The van der Waals surface area contributed by atoms with Crippen LogP contribution in [0.25, 0.3) is 0 Å². The molecule has 0 saturated heterocycles. The number of carbonyl (C=O) groups is 1. The largest absolute Gasteiger partial charge is 0.322 e. The molecular formula is C13H8Br2ClNO. The van der Waals surface area contributed by atoms with E-state index in [-0.39, 0.29) is 5.91 Å². The maximum absolute atomic E-state index is 12.1. The zero-order valence-corrected chi connectivity index (χ0v) is 13.0. The van der Waals surface area contributed by atoms with Gasteiger partial charge in [0.2, 0.25) is 0 Å². The lowest BCUT2D eigenvalue weighted by atomic mass is 10.2. The first-order valence-electron chi connectivity index (χ1n) is 5.08. The van der Waals surface area contributed by atoms with E-state index in [1.165, 1.54) is 0 Å². The van der Waals surface area contributed by atoms with Crippen LogP contribution in [0.15, 0.2) is 51.4 Å². The van der Waals surface area contributed by atoms with Gasteiger partial charge in [0.25, 0.3) is 5.91 Å². The first-order chi connectivity index (χ1) is 8.56. The van der Waals surface area contributed by atoms with E-state index in [1.54, 1.807) is 30.3 Å². The van der Waals surface area contributed by atoms with Crippen LogP contribution < -0.4 is 5.32 Å². The molecule has 0 radical (unpaired) electrons. The molecular weight excluding hydrogens is 381 g/mol. The highest BCUT2D eigenvalue weighted by Gasteiger charge is 2.10. The Bertz CT molecular complexity index is 601. The van der Waals surface area contributed by atoms with Crippen molar-refractivity contribution in [2.45, 2.75) is 0 Å². The van der Waals surface area contributed by atoms with Crippen molar-refractivity contribution in [3.05, 3.63) is 62.0 Å². The Morgan fingerprint density at radius 2 is 1.89 bits per heavy atom. The lowest BCUT2D eigenvalue weighted by Crippen LogP contribution is -2.12. The van der Waals surface area contributed by atoms with Gasteiger partial charge in [0, 0.05) is 19.7 Å². The first kappa shape index (κ1) is 13.6. The Balaban J connectivity index is 2.24. The number of hydrogen-bond donors (Lipinski definition) is 1. The summed E-state index contributed by atoms with van der Waals surface area (Å²) in [4.78, 5) is 12.1. The van der Waals surface area contributed by atoms with E-state index in [0.717, 1.165) is 8.95 Å². The molecule has 1 N–H and O–H groups in total. The summed E-state index contributed by atoms with van der Waals surface area (Å²) in [7, 11) is 0. The Morgan fingerprint density at radius 1 is 1.11 bits per heavy atom. The summed E-state index contributed by atoms with van der Waals surface area (Å²) < 4.78 is 1.59. The summed E-state index contributed by atoms with van der Waals surface area (Å²) >= 11 is 12.6. The van der Waals surface area contributed by atoms with Gasteiger partial charge in [-0.25, -0.2) is 0 Å². The second kappa shape index (κ2) is 5.87. The van der Waals surface area contributed by atoms with Gasteiger partial charge >= 0.3 is 0 Å². The fourth-order valence-electron chi connectivity index (χ4n) is 1.44. The van der Waals surface area contributed by atoms with Gasteiger partial charge in [-0.15, -0.1) is 0 Å². The average Bonchev–Trinajstić information content (AvgIpc) is 2.32. The third kappa shape index (κ3) is 3.34. The summed E-state index contributed by atoms with van der Waals surface area (Å²) in [5.74, 6) is -0.189. The number of amides is 1. The lowest BCUT2D eigenvalue weighted by molar-refractivity contribution is 0.102. The van der Waals surface area contributed by atoms with Crippen LogP contribution >= 0.6 is 43.5 Å². The maximum atomic E-state index is 12.1. The van der Waals surface area contributed by atoms with E-state index >= 15 is 0 Å². The smallest absolute Gasteiger partial charge is 0.256 e. The molecule has 2 rings (SSSR count). The third-order valence-corrected chi connectivity index (χ3v) is 3.68. The zero-order valence-electron chi connectivity index (χ0n) is 9.08. The van der Waals surface area contributed by atoms with Crippen molar-refractivity contribution in [3.8, 4) is 0 Å². The minimum absolute atomic E-state index is 0.189. The van der Waals surface area contributed by atoms with E-state index in [2.05, 4.69) is 37.2 Å². The van der Waals surface area contributed by atoms with Crippen molar-refractivity contribution in [1.29, 1.82) is 0 Å². The predicted octanol–water partition coefficient (Wildman–Crippen LogP) is 5.12. The summed E-state index contributed by atoms with van der Waals surface area (Å²) in [5.41, 5.74) is 1.23. The monoisotopic (exact) mass is 387 g/mol. The number of nitrogens with one attached hydrogen (secondary N) is 1. The van der Waals surface area contributed by atoms with Crippen molar-refractivity contribution in [2.24, 2.45) is 0 Å². The minimum atomic E-state index is -0.189. The van der Waals surface area contributed by atoms with Crippen LogP contribution in [0.4, 0.5) is 5.69 Å². The third-order valence-electron chi connectivity index (χ3n) is 2.26. The predicted molar refractivity (Wildman–Crippen MR) is 81.2 cm³/mol. The van der Waals surface area contributed by atoms with Gasteiger partial charge in [-0.1, -0.05) is 33.6 Å². The number of rotatable bonds is 2. The molecule has 5 heteroatoms. The molecule has 0 aliphatic carbocycles. The summed E-state index contributed by atoms with van der Waals surface area (Å²) in [6.07, 6.45) is 0. The van der Waals surface area contributed by atoms with Gasteiger partial charge < -0.3 is 5.32 Å². The Morgan fingerprint density at radius 3 is 2.61 bits per heavy atom. The van der Waals surface area contributed by atoms with Crippen LogP contribution in [0.3, 0.4) is 0 Å². The molecule has 0 saturated carbocycles. The number of hydrogen-bond acceptors (Lipinski definition) is 1. The molecule has 0 aliphatic heterocycles. The molecule has 92 valence electrons. The molecule has 1 amide bonds.